The van der Waals surface area contributed by atoms with Gasteiger partial charge in [-0.2, -0.15) is 0 Å². The highest BCUT2D eigenvalue weighted by Gasteiger charge is 2.37. The summed E-state index contributed by atoms with van der Waals surface area (Å²) in [6.45, 7) is 2.68. The van der Waals surface area contributed by atoms with Gasteiger partial charge in [0.2, 0.25) is 0 Å². The van der Waals surface area contributed by atoms with Crippen molar-refractivity contribution in [3.05, 3.63) is 71.6 Å². The molecule has 4 rings (SSSR count). The second-order valence-corrected chi connectivity index (χ2v) is 6.21. The Morgan fingerprint density at radius 1 is 1.17 bits per heavy atom. The highest BCUT2D eigenvalue weighted by Crippen LogP contribution is 2.50. The minimum atomic E-state index is -0.188. The van der Waals surface area contributed by atoms with Crippen molar-refractivity contribution in [3.63, 3.8) is 0 Å². The second-order valence-electron chi connectivity index (χ2n) is 6.21. The van der Waals surface area contributed by atoms with E-state index >= 15 is 0 Å². The molecule has 0 spiro atoms. The molecule has 2 aliphatic rings. The van der Waals surface area contributed by atoms with E-state index in [0.29, 0.717) is 18.4 Å². The van der Waals surface area contributed by atoms with Crippen LogP contribution >= 0.6 is 0 Å². The largest absolute Gasteiger partial charge is 0.494 e. The van der Waals surface area contributed by atoms with E-state index in [1.54, 1.807) is 12.1 Å². The molecule has 1 heterocycles. The summed E-state index contributed by atoms with van der Waals surface area (Å²) in [5.74, 6) is 1.59. The second kappa shape index (κ2) is 5.73. The average molecular weight is 309 g/mol. The molecule has 1 aliphatic heterocycles. The number of nitrogens with one attached hydrogen (secondary N) is 1. The van der Waals surface area contributed by atoms with Crippen molar-refractivity contribution in [2.45, 2.75) is 25.3 Å². The number of halogens is 1. The molecule has 2 aromatic rings. The lowest BCUT2D eigenvalue weighted by Crippen LogP contribution is -2.29. The van der Waals surface area contributed by atoms with Crippen LogP contribution in [0.4, 0.5) is 10.1 Å². The molecule has 2 nitrogen and oxygen atoms in total. The van der Waals surface area contributed by atoms with Gasteiger partial charge in [-0.3, -0.25) is 0 Å². The van der Waals surface area contributed by atoms with Crippen LogP contribution in [0.15, 0.2) is 54.6 Å². The first-order chi connectivity index (χ1) is 11.3. The lowest BCUT2D eigenvalue weighted by atomic mass is 9.77. The summed E-state index contributed by atoms with van der Waals surface area (Å²) >= 11 is 0. The van der Waals surface area contributed by atoms with Crippen LogP contribution in [0.25, 0.3) is 0 Å². The van der Waals surface area contributed by atoms with Crippen LogP contribution in [-0.2, 0) is 0 Å². The lowest BCUT2D eigenvalue weighted by molar-refractivity contribution is 0.338. The third-order valence-electron chi connectivity index (χ3n) is 4.87. The summed E-state index contributed by atoms with van der Waals surface area (Å²) in [5.41, 5.74) is 3.59. The topological polar surface area (TPSA) is 21.3 Å². The number of fused-ring (bicyclic) bond motifs is 3. The molecule has 0 radical (unpaired) electrons. The van der Waals surface area contributed by atoms with Crippen molar-refractivity contribution >= 4 is 5.69 Å². The molecular weight excluding hydrogens is 289 g/mol. The van der Waals surface area contributed by atoms with Crippen molar-refractivity contribution in [2.24, 2.45) is 5.92 Å². The summed E-state index contributed by atoms with van der Waals surface area (Å²) in [7, 11) is 0. The van der Waals surface area contributed by atoms with Gasteiger partial charge in [0.1, 0.15) is 11.6 Å². The van der Waals surface area contributed by atoms with Gasteiger partial charge in [0.25, 0.3) is 0 Å². The van der Waals surface area contributed by atoms with Crippen LogP contribution < -0.4 is 10.1 Å². The Morgan fingerprint density at radius 3 is 2.78 bits per heavy atom. The number of allylic oxidation sites excluding steroid dienone is 2. The molecule has 1 N–H and O–H groups in total. The lowest BCUT2D eigenvalue weighted by Gasteiger charge is -2.37. The van der Waals surface area contributed by atoms with E-state index < -0.39 is 0 Å². The smallest absolute Gasteiger partial charge is 0.123 e. The summed E-state index contributed by atoms with van der Waals surface area (Å²) in [4.78, 5) is 0. The van der Waals surface area contributed by atoms with Crippen molar-refractivity contribution in [2.75, 3.05) is 11.9 Å². The standard InChI is InChI=1S/C20H20FNO/c1-2-23-15-10-11-19-18(12-15)16-4-3-5-17(16)20(22-19)13-6-8-14(21)9-7-13/h3-4,6-12,16-17,20,22H,2,5H2,1H3/t16-,17-,20-/m0/s1. The zero-order chi connectivity index (χ0) is 15.8. The maximum Gasteiger partial charge on any atom is 0.123 e. The first-order valence-electron chi connectivity index (χ1n) is 8.21. The molecular formula is C20H20FNO. The van der Waals surface area contributed by atoms with Gasteiger partial charge < -0.3 is 10.1 Å². The van der Waals surface area contributed by atoms with Crippen molar-refractivity contribution in [1.82, 2.24) is 0 Å². The van der Waals surface area contributed by atoms with Gasteiger partial charge in [0.15, 0.2) is 0 Å². The molecule has 118 valence electrons. The molecule has 0 aromatic heterocycles. The first kappa shape index (κ1) is 14.3. The number of rotatable bonds is 3. The number of benzene rings is 2. The molecule has 0 saturated heterocycles. The van der Waals surface area contributed by atoms with E-state index in [1.165, 1.54) is 5.56 Å². The highest BCUT2D eigenvalue weighted by atomic mass is 19.1. The fraction of sp³-hybridized carbons (Fsp3) is 0.300. The third-order valence-corrected chi connectivity index (χ3v) is 4.87. The Bertz CT molecular complexity index is 738. The van der Waals surface area contributed by atoms with E-state index in [2.05, 4.69) is 29.6 Å². The summed E-state index contributed by atoms with van der Waals surface area (Å²) in [5, 5.41) is 3.66. The molecule has 1 aliphatic carbocycles. The fourth-order valence-corrected chi connectivity index (χ4v) is 3.83. The SMILES string of the molecule is CCOc1ccc2c(c1)[C@H]1C=CC[C@@H]1[C@H](c1ccc(F)cc1)N2. The van der Waals surface area contributed by atoms with Crippen LogP contribution in [0.2, 0.25) is 0 Å². The molecule has 0 bridgehead atoms. The van der Waals surface area contributed by atoms with Crippen molar-refractivity contribution in [3.8, 4) is 5.75 Å². The molecule has 0 unspecified atom stereocenters. The van der Waals surface area contributed by atoms with Gasteiger partial charge in [-0.15, -0.1) is 0 Å². The van der Waals surface area contributed by atoms with Gasteiger partial charge in [-0.1, -0.05) is 24.3 Å². The quantitative estimate of drug-likeness (QED) is 0.801. The summed E-state index contributed by atoms with van der Waals surface area (Å²) < 4.78 is 18.9. The first-order valence-corrected chi connectivity index (χ1v) is 8.21. The normalized spacial score (nSPS) is 24.7. The van der Waals surface area contributed by atoms with E-state index in [-0.39, 0.29) is 11.9 Å². The zero-order valence-corrected chi connectivity index (χ0v) is 13.1. The summed E-state index contributed by atoms with van der Waals surface area (Å²) in [6.07, 6.45) is 5.60. The number of anilines is 1. The molecule has 2 aromatic carbocycles. The molecule has 0 saturated carbocycles. The molecule has 3 heteroatoms. The van der Waals surface area contributed by atoms with E-state index in [9.17, 15) is 4.39 Å². The fourth-order valence-electron chi connectivity index (χ4n) is 3.83. The van der Waals surface area contributed by atoms with Crippen LogP contribution in [0.5, 0.6) is 5.75 Å². The van der Waals surface area contributed by atoms with Gasteiger partial charge >= 0.3 is 0 Å². The van der Waals surface area contributed by atoms with Crippen LogP contribution in [0.3, 0.4) is 0 Å². The molecule has 3 atom stereocenters. The van der Waals surface area contributed by atoms with Gasteiger partial charge in [-0.25, -0.2) is 4.39 Å². The van der Waals surface area contributed by atoms with Gasteiger partial charge in [0.05, 0.1) is 12.6 Å². The van der Waals surface area contributed by atoms with Crippen molar-refractivity contribution < 1.29 is 9.13 Å². The van der Waals surface area contributed by atoms with Gasteiger partial charge in [-0.05, 0) is 60.7 Å². The molecule has 23 heavy (non-hydrogen) atoms. The van der Waals surface area contributed by atoms with Crippen LogP contribution in [0, 0.1) is 11.7 Å². The van der Waals surface area contributed by atoms with E-state index in [4.69, 9.17) is 4.74 Å². The predicted octanol–water partition coefficient (Wildman–Crippen LogP) is 5.05. The number of hydrogen-bond donors (Lipinski definition) is 1. The third kappa shape index (κ3) is 2.50. The molecule has 0 amide bonds. The van der Waals surface area contributed by atoms with Crippen LogP contribution in [0.1, 0.15) is 36.4 Å². The summed E-state index contributed by atoms with van der Waals surface area (Å²) in [6, 6.07) is 13.3. The Hall–Kier alpha value is -2.29. The monoisotopic (exact) mass is 309 g/mol. The zero-order valence-electron chi connectivity index (χ0n) is 13.1. The van der Waals surface area contributed by atoms with Crippen molar-refractivity contribution in [1.29, 1.82) is 0 Å². The maximum atomic E-state index is 13.2. The minimum Gasteiger partial charge on any atom is -0.494 e. The average Bonchev–Trinajstić information content (AvgIpc) is 3.05. The maximum absolute atomic E-state index is 13.2. The predicted molar refractivity (Wildman–Crippen MR) is 90.4 cm³/mol. The minimum absolute atomic E-state index is 0.188. The number of ether oxygens (including phenoxy) is 1. The molecule has 0 fully saturated rings. The Balaban J connectivity index is 1.72. The Kier molecular flexibility index (Phi) is 3.56. The van der Waals surface area contributed by atoms with E-state index in [1.807, 2.05) is 25.1 Å². The van der Waals surface area contributed by atoms with Gasteiger partial charge in [0, 0.05) is 11.6 Å². The Morgan fingerprint density at radius 2 is 2.00 bits per heavy atom. The van der Waals surface area contributed by atoms with Crippen LogP contribution in [-0.4, -0.2) is 6.61 Å². The van der Waals surface area contributed by atoms with E-state index in [0.717, 1.165) is 23.4 Å². The highest BCUT2D eigenvalue weighted by molar-refractivity contribution is 5.61. The number of hydrogen-bond acceptors (Lipinski definition) is 2. The Labute approximate surface area is 136 Å².